The Bertz CT molecular complexity index is 421. The SMILES string of the molecule is COc1cc(NC(CN)C(C)C)ccc1[N+](=O)[O-]. The standard InChI is InChI=1S/C12H19N3O3/c1-8(2)10(7-13)14-9-4-5-11(15(16)17)12(6-9)18-3/h4-6,8,10,14H,7,13H2,1-3H3. The summed E-state index contributed by atoms with van der Waals surface area (Å²) in [4.78, 5) is 10.3. The van der Waals surface area contributed by atoms with E-state index in [1.54, 1.807) is 12.1 Å². The molecule has 6 nitrogen and oxygen atoms in total. The van der Waals surface area contributed by atoms with Gasteiger partial charge in [-0.05, 0) is 12.0 Å². The van der Waals surface area contributed by atoms with E-state index in [4.69, 9.17) is 10.5 Å². The second kappa shape index (κ2) is 6.20. The zero-order valence-corrected chi connectivity index (χ0v) is 10.8. The van der Waals surface area contributed by atoms with Gasteiger partial charge in [-0.1, -0.05) is 13.8 Å². The Morgan fingerprint density at radius 3 is 2.61 bits per heavy atom. The molecule has 1 aromatic carbocycles. The number of ether oxygens (including phenoxy) is 1. The third kappa shape index (κ3) is 3.33. The second-order valence-electron chi connectivity index (χ2n) is 4.37. The van der Waals surface area contributed by atoms with Crippen LogP contribution in [0.25, 0.3) is 0 Å². The molecule has 3 N–H and O–H groups in total. The molecule has 1 atom stereocenters. The van der Waals surface area contributed by atoms with E-state index in [1.165, 1.54) is 13.2 Å². The van der Waals surface area contributed by atoms with Gasteiger partial charge >= 0.3 is 5.69 Å². The summed E-state index contributed by atoms with van der Waals surface area (Å²) in [5.41, 5.74) is 6.39. The molecule has 0 spiro atoms. The Balaban J connectivity index is 2.95. The zero-order chi connectivity index (χ0) is 13.7. The molecule has 0 fully saturated rings. The van der Waals surface area contributed by atoms with Crippen molar-refractivity contribution >= 4 is 11.4 Å². The van der Waals surface area contributed by atoms with Crippen molar-refractivity contribution in [2.45, 2.75) is 19.9 Å². The summed E-state index contributed by atoms with van der Waals surface area (Å²) in [6.07, 6.45) is 0. The molecule has 1 rings (SSSR count). The van der Waals surface area contributed by atoms with Crippen molar-refractivity contribution in [3.63, 3.8) is 0 Å². The lowest BCUT2D eigenvalue weighted by Gasteiger charge is -2.21. The predicted molar refractivity (Wildman–Crippen MR) is 71.0 cm³/mol. The van der Waals surface area contributed by atoms with Gasteiger partial charge in [-0.25, -0.2) is 0 Å². The normalized spacial score (nSPS) is 12.3. The van der Waals surface area contributed by atoms with Gasteiger partial charge in [-0.2, -0.15) is 0 Å². The van der Waals surface area contributed by atoms with Crippen LogP contribution < -0.4 is 15.8 Å². The van der Waals surface area contributed by atoms with Gasteiger partial charge in [0.2, 0.25) is 0 Å². The molecule has 0 saturated heterocycles. The molecular weight excluding hydrogens is 234 g/mol. The van der Waals surface area contributed by atoms with E-state index < -0.39 is 4.92 Å². The Labute approximate surface area is 106 Å². The van der Waals surface area contributed by atoms with Crippen LogP contribution in [0.4, 0.5) is 11.4 Å². The molecule has 0 heterocycles. The van der Waals surface area contributed by atoms with Gasteiger partial charge in [0.25, 0.3) is 0 Å². The number of nitrogens with two attached hydrogens (primary N) is 1. The summed E-state index contributed by atoms with van der Waals surface area (Å²) in [6.45, 7) is 4.62. The zero-order valence-electron chi connectivity index (χ0n) is 10.8. The smallest absolute Gasteiger partial charge is 0.311 e. The number of hydrogen-bond donors (Lipinski definition) is 2. The fourth-order valence-corrected chi connectivity index (χ4v) is 1.63. The lowest BCUT2D eigenvalue weighted by molar-refractivity contribution is -0.385. The van der Waals surface area contributed by atoms with Crippen LogP contribution in [0.5, 0.6) is 5.75 Å². The minimum atomic E-state index is -0.467. The fraction of sp³-hybridized carbons (Fsp3) is 0.500. The minimum absolute atomic E-state index is 0.0445. The van der Waals surface area contributed by atoms with Gasteiger partial charge in [0.05, 0.1) is 12.0 Å². The lowest BCUT2D eigenvalue weighted by atomic mass is 10.0. The Kier molecular flexibility index (Phi) is 4.91. The van der Waals surface area contributed by atoms with E-state index in [2.05, 4.69) is 19.2 Å². The maximum absolute atomic E-state index is 10.8. The van der Waals surface area contributed by atoms with Gasteiger partial charge in [0.15, 0.2) is 5.75 Å². The molecule has 1 aromatic rings. The van der Waals surface area contributed by atoms with Gasteiger partial charge in [-0.15, -0.1) is 0 Å². The molecule has 6 heteroatoms. The van der Waals surface area contributed by atoms with Crippen LogP contribution in [-0.2, 0) is 0 Å². The average Bonchev–Trinajstić information content (AvgIpc) is 2.34. The van der Waals surface area contributed by atoms with E-state index in [1.807, 2.05) is 0 Å². The van der Waals surface area contributed by atoms with Crippen LogP contribution in [-0.4, -0.2) is 24.6 Å². The number of nitrogens with zero attached hydrogens (tertiary/aromatic N) is 1. The number of anilines is 1. The summed E-state index contributed by atoms with van der Waals surface area (Å²) in [5, 5.41) is 14.0. The number of rotatable bonds is 6. The highest BCUT2D eigenvalue weighted by atomic mass is 16.6. The molecule has 0 amide bonds. The molecule has 0 aromatic heterocycles. The highest BCUT2D eigenvalue weighted by Crippen LogP contribution is 2.30. The van der Waals surface area contributed by atoms with Crippen molar-refractivity contribution in [1.29, 1.82) is 0 Å². The van der Waals surface area contributed by atoms with Crippen LogP contribution >= 0.6 is 0 Å². The largest absolute Gasteiger partial charge is 0.490 e. The van der Waals surface area contributed by atoms with Crippen LogP contribution in [0, 0.1) is 16.0 Å². The summed E-state index contributed by atoms with van der Waals surface area (Å²) in [6, 6.07) is 4.82. The average molecular weight is 253 g/mol. The molecule has 0 bridgehead atoms. The summed E-state index contributed by atoms with van der Waals surface area (Å²) >= 11 is 0. The number of methoxy groups -OCH3 is 1. The van der Waals surface area contributed by atoms with Crippen molar-refractivity contribution in [3.8, 4) is 5.75 Å². The number of nitro groups is 1. The highest BCUT2D eigenvalue weighted by Gasteiger charge is 2.16. The Hall–Kier alpha value is -1.82. The molecule has 0 radical (unpaired) electrons. The maximum atomic E-state index is 10.8. The van der Waals surface area contributed by atoms with Crippen molar-refractivity contribution in [2.24, 2.45) is 11.7 Å². The first-order chi connectivity index (χ1) is 8.49. The fourth-order valence-electron chi connectivity index (χ4n) is 1.63. The number of nitrogens with one attached hydrogen (secondary N) is 1. The molecule has 0 aliphatic heterocycles. The first-order valence-electron chi connectivity index (χ1n) is 5.78. The molecule has 0 aliphatic rings. The van der Waals surface area contributed by atoms with Gasteiger partial charge in [0.1, 0.15) is 0 Å². The quantitative estimate of drug-likeness (QED) is 0.597. The molecular formula is C12H19N3O3. The summed E-state index contributed by atoms with van der Waals surface area (Å²) in [5.74, 6) is 0.612. The first-order valence-corrected chi connectivity index (χ1v) is 5.78. The molecule has 18 heavy (non-hydrogen) atoms. The molecule has 0 saturated carbocycles. The first kappa shape index (κ1) is 14.2. The van der Waals surface area contributed by atoms with E-state index in [-0.39, 0.29) is 17.5 Å². The Morgan fingerprint density at radius 1 is 1.50 bits per heavy atom. The second-order valence-corrected chi connectivity index (χ2v) is 4.37. The third-order valence-electron chi connectivity index (χ3n) is 2.79. The van der Waals surface area contributed by atoms with Crippen molar-refractivity contribution in [1.82, 2.24) is 0 Å². The van der Waals surface area contributed by atoms with E-state index in [9.17, 15) is 10.1 Å². The monoisotopic (exact) mass is 253 g/mol. The lowest BCUT2D eigenvalue weighted by Crippen LogP contribution is -2.33. The highest BCUT2D eigenvalue weighted by molar-refractivity contribution is 5.58. The van der Waals surface area contributed by atoms with E-state index in [0.29, 0.717) is 12.5 Å². The van der Waals surface area contributed by atoms with Gasteiger partial charge < -0.3 is 15.8 Å². The molecule has 0 aliphatic carbocycles. The summed E-state index contributed by atoms with van der Waals surface area (Å²) in [7, 11) is 1.41. The van der Waals surface area contributed by atoms with Crippen LogP contribution in [0.1, 0.15) is 13.8 Å². The third-order valence-corrected chi connectivity index (χ3v) is 2.79. The van der Waals surface area contributed by atoms with Crippen molar-refractivity contribution < 1.29 is 9.66 Å². The van der Waals surface area contributed by atoms with Crippen LogP contribution in [0.3, 0.4) is 0 Å². The number of nitro benzene ring substituents is 1. The Morgan fingerprint density at radius 2 is 2.17 bits per heavy atom. The maximum Gasteiger partial charge on any atom is 0.311 e. The number of hydrogen-bond acceptors (Lipinski definition) is 5. The summed E-state index contributed by atoms with van der Waals surface area (Å²) < 4.78 is 5.01. The predicted octanol–water partition coefficient (Wildman–Crippen LogP) is 2.00. The van der Waals surface area contributed by atoms with Gasteiger partial charge in [-0.3, -0.25) is 10.1 Å². The minimum Gasteiger partial charge on any atom is -0.490 e. The van der Waals surface area contributed by atoms with Crippen molar-refractivity contribution in [2.75, 3.05) is 19.0 Å². The van der Waals surface area contributed by atoms with E-state index in [0.717, 1.165) is 5.69 Å². The number of benzene rings is 1. The van der Waals surface area contributed by atoms with E-state index >= 15 is 0 Å². The van der Waals surface area contributed by atoms with Crippen LogP contribution in [0.2, 0.25) is 0 Å². The van der Waals surface area contributed by atoms with Crippen molar-refractivity contribution in [3.05, 3.63) is 28.3 Å². The molecule has 100 valence electrons. The van der Waals surface area contributed by atoms with Crippen LogP contribution in [0.15, 0.2) is 18.2 Å². The van der Waals surface area contributed by atoms with Gasteiger partial charge in [0, 0.05) is 30.4 Å². The molecule has 1 unspecified atom stereocenters. The topological polar surface area (TPSA) is 90.4 Å².